The Morgan fingerprint density at radius 3 is 1.81 bits per heavy atom. The van der Waals surface area contributed by atoms with Gasteiger partial charge in [0.25, 0.3) is 5.91 Å². The first-order valence-corrected chi connectivity index (χ1v) is 47.4. The van der Waals surface area contributed by atoms with Crippen molar-refractivity contribution in [2.24, 2.45) is 17.6 Å². The summed E-state index contributed by atoms with van der Waals surface area (Å²) < 4.78 is 43.7. The van der Waals surface area contributed by atoms with Crippen LogP contribution in [0.15, 0.2) is 121 Å². The number of carboxylic acid groups (broad SMARTS) is 1. The van der Waals surface area contributed by atoms with E-state index < -0.39 is 340 Å². The van der Waals surface area contributed by atoms with Crippen molar-refractivity contribution in [1.29, 1.82) is 0 Å². The Balaban J connectivity index is 0.902. The van der Waals surface area contributed by atoms with Crippen molar-refractivity contribution in [3.8, 4) is 68.2 Å². The summed E-state index contributed by atoms with van der Waals surface area (Å²) in [6.45, 7) is 1.49. The summed E-state index contributed by atoms with van der Waals surface area (Å²) >= 11 is 20.6. The van der Waals surface area contributed by atoms with Crippen LogP contribution in [0.1, 0.15) is 129 Å². The maximum absolute atomic E-state index is 16.5. The number of aliphatic carboxylic acids is 1. The Bertz CT molecular complexity index is 5850. The summed E-state index contributed by atoms with van der Waals surface area (Å²) in [4.78, 5) is 134. The molecular formula is C96H116Cl3N11O35. The van der Waals surface area contributed by atoms with E-state index in [4.69, 9.17) is 73.7 Å². The van der Waals surface area contributed by atoms with Crippen molar-refractivity contribution >= 4 is 88.0 Å². The lowest BCUT2D eigenvalue weighted by Crippen LogP contribution is -2.67. The Labute approximate surface area is 842 Å². The molecule has 49 heteroatoms. The second kappa shape index (κ2) is 48.0. The van der Waals surface area contributed by atoms with E-state index >= 15 is 24.0 Å². The van der Waals surface area contributed by atoms with E-state index in [9.17, 15) is 116 Å². The lowest BCUT2D eigenvalue weighted by Gasteiger charge is -2.53. The van der Waals surface area contributed by atoms with Crippen LogP contribution in [-0.4, -0.2) is 318 Å². The minimum atomic E-state index is -2.49. The Morgan fingerprint density at radius 1 is 0.614 bits per heavy atom. The summed E-state index contributed by atoms with van der Waals surface area (Å²) in [5.74, 6) is -19.5. The molecule has 0 aromatic heterocycles. The quantitative estimate of drug-likeness (QED) is 0.0155. The fourth-order valence-electron chi connectivity index (χ4n) is 18.2. The van der Waals surface area contributed by atoms with Crippen molar-refractivity contribution < 1.29 is 173 Å². The van der Waals surface area contributed by atoms with Gasteiger partial charge in [-0.3, -0.25) is 38.4 Å². The number of aliphatic hydroxyl groups excluding tert-OH is 15. The third kappa shape index (κ3) is 25.2. The van der Waals surface area contributed by atoms with Crippen molar-refractivity contribution in [2.45, 2.75) is 231 Å². The van der Waals surface area contributed by atoms with Crippen LogP contribution < -0.4 is 73.1 Å². The number of primary amides is 1. The van der Waals surface area contributed by atoms with Crippen LogP contribution in [0.2, 0.25) is 15.1 Å². The molecule has 7 aromatic carbocycles. The fourth-order valence-corrected chi connectivity index (χ4v) is 18.7. The number of fused-ring (bicyclic) bond motifs is 15. The summed E-state index contributed by atoms with van der Waals surface area (Å²) in [6, 6.07) is 11.5. The number of phenols is 3. The monoisotopic (exact) mass is 2090 g/mol. The van der Waals surface area contributed by atoms with Crippen LogP contribution in [0.4, 0.5) is 0 Å². The number of benzene rings is 7. The largest absolute Gasteiger partial charge is 0.507 e. The number of hydrogen-bond donors (Lipinski definition) is 30. The van der Waals surface area contributed by atoms with Crippen molar-refractivity contribution in [3.63, 3.8) is 0 Å². The first kappa shape index (κ1) is 111. The maximum atomic E-state index is 16.5. The molecular weight excluding hydrogens is 1970 g/mol. The maximum Gasteiger partial charge on any atom is 0.330 e. The van der Waals surface area contributed by atoms with Gasteiger partial charge in [-0.05, 0) is 157 Å². The summed E-state index contributed by atoms with van der Waals surface area (Å²) in [7, 11) is 1.44. The van der Waals surface area contributed by atoms with Crippen LogP contribution in [0.5, 0.6) is 46.0 Å². The van der Waals surface area contributed by atoms with Gasteiger partial charge in [0, 0.05) is 59.9 Å². The van der Waals surface area contributed by atoms with Crippen LogP contribution in [0.3, 0.4) is 0 Å². The van der Waals surface area contributed by atoms with E-state index in [1.165, 1.54) is 13.1 Å². The fraction of sp³-hybridized carbons (Fsp3) is 0.469. The van der Waals surface area contributed by atoms with Crippen molar-refractivity contribution in [2.75, 3.05) is 40.0 Å². The number of carbonyl (C=O) groups excluding carboxylic acids is 8. The number of nitrogens with two attached hydrogens (primary N) is 1. The smallest absolute Gasteiger partial charge is 0.330 e. The molecule has 145 heavy (non-hydrogen) atoms. The summed E-state index contributed by atoms with van der Waals surface area (Å²) in [5.41, 5.74) is 2.75. The molecule has 0 radical (unpaired) electrons. The molecule has 8 amide bonds. The first-order valence-electron chi connectivity index (χ1n) is 46.3. The second-order valence-electron chi connectivity index (χ2n) is 36.7. The number of phenolic OH excluding ortho intramolecular Hbond substituents is 3. The number of rotatable bonds is 34. The molecule has 11 bridgehead atoms. The number of nitrogens with one attached hydrogen (secondary N) is 10. The van der Waals surface area contributed by atoms with Gasteiger partial charge in [0.1, 0.15) is 126 Å². The molecule has 31 N–H and O–H groups in total. The molecule has 2 saturated heterocycles. The van der Waals surface area contributed by atoms with E-state index in [1.54, 1.807) is 32.9 Å². The highest BCUT2D eigenvalue weighted by Crippen LogP contribution is 2.52. The lowest BCUT2D eigenvalue weighted by molar-refractivity contribution is -0.324. The second-order valence-corrected chi connectivity index (χ2v) is 37.9. The zero-order valence-corrected chi connectivity index (χ0v) is 80.3. The number of aliphatic hydroxyl groups is 15. The number of ether oxygens (including phenoxy) is 7. The number of likely N-dealkylation sites (N-methyl/N-ethyl adjacent to an activating group) is 1. The zero-order valence-electron chi connectivity index (χ0n) is 78.1. The molecule has 7 aliphatic heterocycles. The molecule has 0 spiro atoms. The van der Waals surface area contributed by atoms with Gasteiger partial charge in [0.05, 0.1) is 53.5 Å². The predicted molar refractivity (Wildman–Crippen MR) is 506 cm³/mol. The Kier molecular flexibility index (Phi) is 36.7. The highest BCUT2D eigenvalue weighted by Gasteiger charge is 2.55. The van der Waals surface area contributed by atoms with Gasteiger partial charge in [-0.15, -0.1) is 0 Å². The van der Waals surface area contributed by atoms with Crippen LogP contribution in [0.25, 0.3) is 22.3 Å². The van der Waals surface area contributed by atoms with Gasteiger partial charge in [0.2, 0.25) is 53.4 Å². The number of amides is 8. The van der Waals surface area contributed by atoms with Gasteiger partial charge in [-0.1, -0.05) is 110 Å². The average Bonchev–Trinajstić information content (AvgIpc) is 0.753. The SMILES string of the molecule is CN[C@H](CC(C)C)C(=O)N[C@H]1C(=O)N[C@@H](CC(N)=O)C(=O)N[C@H]2C(=O)N[C@@H]3C(=O)N[C@H](C(=O)N[C@H](C(=O)O)c4cc(O)c(CNCCCNC(=O)[C@H](O)[C@@H](O)[C@H](O[C@@H]5OC(CCO)[C@H](O)[C@H](O)C5O)[C@H](O)CO)c(O)c4-c4cc3ccc4O)[C@H](O)c3ccc(c(Cl)c3)Oc3cc2cc(c3O[C@@H]2O[C@H](CO)C(O)C(O)[C@H]2O[C@H](O)CC2(NCc3ccc(-c4ccc(Cl)cc4)cc3)C[C@@H](C)[C@@H]2O)Oc2ccc(cc2Cl)[C@H]1O. The Hall–Kier alpha value is -11.4. The number of carboxylic acids is 1. The molecule has 46 nitrogen and oxygen atoms in total. The first-order chi connectivity index (χ1) is 68.9. The van der Waals surface area contributed by atoms with Gasteiger partial charge < -0.3 is 189 Å². The molecule has 3 fully saturated rings. The predicted octanol–water partition coefficient (Wildman–Crippen LogP) is -1.90. The topological polar surface area (TPSA) is 749 Å². The number of aromatic hydroxyl groups is 3. The molecule has 786 valence electrons. The van der Waals surface area contributed by atoms with Crippen LogP contribution >= 0.6 is 34.8 Å². The van der Waals surface area contributed by atoms with E-state index in [-0.39, 0.29) is 68.3 Å². The van der Waals surface area contributed by atoms with Gasteiger partial charge in [-0.25, -0.2) is 4.79 Å². The lowest BCUT2D eigenvalue weighted by atomic mass is 9.64. The number of halogens is 3. The molecule has 8 aliphatic rings. The Morgan fingerprint density at radius 2 is 1.22 bits per heavy atom. The molecule has 5 unspecified atom stereocenters. The molecule has 7 heterocycles. The average molecular weight is 2090 g/mol. The van der Waals surface area contributed by atoms with Crippen LogP contribution in [-0.2, 0) is 75.2 Å². The van der Waals surface area contributed by atoms with E-state index in [1.807, 2.05) is 36.4 Å². The van der Waals surface area contributed by atoms with E-state index in [0.717, 1.165) is 83.4 Å². The number of hydrogen-bond acceptors (Lipinski definition) is 37. The van der Waals surface area contributed by atoms with Gasteiger partial charge in [-0.2, -0.15) is 0 Å². The number of carbonyl (C=O) groups is 9. The van der Waals surface area contributed by atoms with E-state index in [0.29, 0.717) is 5.02 Å². The van der Waals surface area contributed by atoms with Crippen molar-refractivity contribution in [3.05, 3.63) is 175 Å². The van der Waals surface area contributed by atoms with Crippen molar-refractivity contribution in [1.82, 2.24) is 53.2 Å². The standard InChI is InChI=1S/C96H116Cl3N11O35/c1-38(2)24-53(101-4)86(130)109-70-72(119)44-13-18-58(51(98)26-44)139-61-28-46-29-62(83(61)145-95-84(78(125)76(123)63(37-113)142-95)143-65(118)33-96(32-39(3)85(96)129)104-34-40-6-8-41(9-7-40)42-10-15-47(97)16-11-42)140-59-19-14-45(27-52(59)99)73(120)71-91(135)108-69(93(137)138)49-30-56(115)50(35-102-21-5-22-103-92(136)80(127)79(126)82(57(116)36-112)144-94-81(128)77(124)75(122)60(141-94)20-23-111)74(121)66(49)48-25-43(12-17-55(48)114)67(88(132)110-71)107-89(133)68(46)106-87(131)54(31-64(100)117)105-90(70)134/h6-19,25-30,38-39,53-54,57,60,63,65,67-73,75-82,84-85,94-95,101-102,104,111-116,118-129H,5,20-24,31-37H2,1-4H3,(H2,100,117)(H,103,136)(H,105,134)(H,106,131)(H,107,133)(H,108,135)(H,109,130)(H,110,132)(H,137,138)/t39-,53-,54+,57-,60?,63-,65+,67+,68-,69+,70-,71+,72-,73-,75+,76?,77+,78?,79-,80-,81?,82-,84-,85+,94+,95+,96?/m1/s1. The minimum Gasteiger partial charge on any atom is -0.507 e. The van der Waals surface area contributed by atoms with Gasteiger partial charge >= 0.3 is 5.97 Å². The van der Waals surface area contributed by atoms with Crippen LogP contribution in [0, 0.1) is 11.8 Å². The molecule has 1 saturated carbocycles. The molecule has 7 aromatic rings. The summed E-state index contributed by atoms with van der Waals surface area (Å²) in [6.07, 6.45) is -37.9. The molecule has 1 aliphatic carbocycles. The minimum absolute atomic E-state index is 0.114. The third-order valence-corrected chi connectivity index (χ3v) is 26.9. The molecule has 15 rings (SSSR count). The summed E-state index contributed by atoms with van der Waals surface area (Å²) in [5, 5.41) is 241. The molecule has 27 atom stereocenters. The zero-order chi connectivity index (χ0) is 105. The highest BCUT2D eigenvalue weighted by molar-refractivity contribution is 6.32. The highest BCUT2D eigenvalue weighted by atomic mass is 35.5. The normalized spacial score (nSPS) is 27.7. The van der Waals surface area contributed by atoms with E-state index in [2.05, 4.69) is 53.2 Å². The van der Waals surface area contributed by atoms with Gasteiger partial charge in [0.15, 0.2) is 42.3 Å². The third-order valence-electron chi connectivity index (χ3n) is 26.1.